The van der Waals surface area contributed by atoms with Crippen LogP contribution in [0.1, 0.15) is 42.0 Å². The minimum atomic E-state index is -0.288. The number of furan rings is 2. The molecule has 1 atom stereocenters. The number of carbonyl (C=O) groups excluding carboxylic acids is 2. The minimum Gasteiger partial charge on any atom is -0.467 e. The van der Waals surface area contributed by atoms with Crippen LogP contribution in [-0.4, -0.2) is 36.0 Å². The normalized spacial score (nSPS) is 18.6. The average molecular weight is 408 g/mol. The van der Waals surface area contributed by atoms with Crippen LogP contribution in [0.3, 0.4) is 0 Å². The fourth-order valence-corrected chi connectivity index (χ4v) is 3.88. The van der Waals surface area contributed by atoms with Gasteiger partial charge >= 0.3 is 0 Å². The van der Waals surface area contributed by atoms with Gasteiger partial charge in [-0.15, -0.1) is 0 Å². The Labute approximate surface area is 174 Å². The number of fused-ring (bicyclic) bond motifs is 1. The molecule has 7 heteroatoms. The van der Waals surface area contributed by atoms with Gasteiger partial charge in [0.1, 0.15) is 17.0 Å². The van der Waals surface area contributed by atoms with Crippen molar-refractivity contribution in [2.45, 2.75) is 38.3 Å². The van der Waals surface area contributed by atoms with Gasteiger partial charge < -0.3 is 23.8 Å². The molecule has 2 amide bonds. The number of benzene rings is 1. The lowest BCUT2D eigenvalue weighted by molar-refractivity contribution is -0.117. The van der Waals surface area contributed by atoms with Gasteiger partial charge in [-0.2, -0.15) is 0 Å². The van der Waals surface area contributed by atoms with Crippen LogP contribution in [0.15, 0.2) is 51.5 Å². The van der Waals surface area contributed by atoms with Crippen molar-refractivity contribution in [1.82, 2.24) is 4.90 Å². The van der Waals surface area contributed by atoms with Crippen molar-refractivity contribution >= 4 is 28.5 Å². The molecule has 0 unspecified atom stereocenters. The summed E-state index contributed by atoms with van der Waals surface area (Å²) in [7, 11) is 0. The zero-order valence-electron chi connectivity index (χ0n) is 16.6. The first-order chi connectivity index (χ1) is 14.7. The zero-order chi connectivity index (χ0) is 20.5. The van der Waals surface area contributed by atoms with Gasteiger partial charge in [0.2, 0.25) is 11.7 Å². The minimum absolute atomic E-state index is 0.0159. The Hall–Kier alpha value is -3.06. The summed E-state index contributed by atoms with van der Waals surface area (Å²) in [4.78, 5) is 27.8. The van der Waals surface area contributed by atoms with Crippen LogP contribution in [0.5, 0.6) is 0 Å². The lowest BCUT2D eigenvalue weighted by Gasteiger charge is -2.24. The topological polar surface area (TPSA) is 84.9 Å². The molecule has 1 saturated heterocycles. The van der Waals surface area contributed by atoms with E-state index in [9.17, 15) is 9.59 Å². The molecule has 1 aliphatic heterocycles. The highest BCUT2D eigenvalue weighted by molar-refractivity contribution is 6.11. The molecule has 1 saturated carbocycles. The molecule has 2 aromatic heterocycles. The lowest BCUT2D eigenvalue weighted by Crippen LogP contribution is -2.37. The second-order valence-corrected chi connectivity index (χ2v) is 7.97. The van der Waals surface area contributed by atoms with E-state index < -0.39 is 0 Å². The maximum absolute atomic E-state index is 13.6. The highest BCUT2D eigenvalue weighted by atomic mass is 16.5. The number of anilines is 1. The van der Waals surface area contributed by atoms with Crippen molar-refractivity contribution in [1.29, 1.82) is 0 Å². The quantitative estimate of drug-likeness (QED) is 0.633. The molecule has 3 aromatic rings. The second-order valence-electron chi connectivity index (χ2n) is 7.97. The van der Waals surface area contributed by atoms with Crippen molar-refractivity contribution in [2.24, 2.45) is 5.92 Å². The van der Waals surface area contributed by atoms with E-state index in [1.807, 2.05) is 24.3 Å². The number of nitrogens with zero attached hydrogens (tertiary/aromatic N) is 1. The maximum Gasteiger partial charge on any atom is 0.292 e. The first kappa shape index (κ1) is 18.9. The van der Waals surface area contributed by atoms with E-state index in [0.717, 1.165) is 31.1 Å². The number of hydrogen-bond donors (Lipinski definition) is 1. The van der Waals surface area contributed by atoms with E-state index in [2.05, 4.69) is 5.32 Å². The van der Waals surface area contributed by atoms with Crippen molar-refractivity contribution in [2.75, 3.05) is 18.5 Å². The highest BCUT2D eigenvalue weighted by Crippen LogP contribution is 2.35. The standard InChI is InChI=1S/C23H24N2O5/c26-22(15-9-10-15)24-20-18-7-1-2-8-19(18)30-21(20)23(27)25(13-16-5-3-11-28-16)14-17-6-4-12-29-17/h1-3,5,7-8,11,15,17H,4,6,9-10,12-14H2,(H,24,26)/t17-/m0/s1. The van der Waals surface area contributed by atoms with E-state index in [-0.39, 0.29) is 29.6 Å². The zero-order valence-corrected chi connectivity index (χ0v) is 16.6. The van der Waals surface area contributed by atoms with Gasteiger partial charge in [0.15, 0.2) is 0 Å². The Kier molecular flexibility index (Phi) is 5.04. The number of hydrogen-bond acceptors (Lipinski definition) is 5. The second kappa shape index (κ2) is 7.99. The molecule has 1 aliphatic carbocycles. The Morgan fingerprint density at radius 2 is 1.97 bits per heavy atom. The predicted octanol–water partition coefficient (Wildman–Crippen LogP) is 4.20. The Morgan fingerprint density at radius 1 is 1.10 bits per heavy atom. The fraction of sp³-hybridized carbons (Fsp3) is 0.391. The van der Waals surface area contributed by atoms with Crippen LogP contribution < -0.4 is 5.32 Å². The van der Waals surface area contributed by atoms with Gasteiger partial charge in [-0.25, -0.2) is 0 Å². The summed E-state index contributed by atoms with van der Waals surface area (Å²) < 4.78 is 17.2. The molecular weight excluding hydrogens is 384 g/mol. The summed E-state index contributed by atoms with van der Waals surface area (Å²) in [6.07, 6.45) is 5.24. The molecule has 2 fully saturated rings. The Bertz CT molecular complexity index is 1040. The third-order valence-electron chi connectivity index (χ3n) is 5.65. The maximum atomic E-state index is 13.6. The van der Waals surface area contributed by atoms with Crippen LogP contribution in [0.2, 0.25) is 0 Å². The number of carbonyl (C=O) groups is 2. The summed E-state index contributed by atoms with van der Waals surface area (Å²) in [5, 5.41) is 3.68. The summed E-state index contributed by atoms with van der Waals surface area (Å²) in [5.74, 6) is 0.500. The molecule has 0 bridgehead atoms. The summed E-state index contributed by atoms with van der Waals surface area (Å²) in [6.45, 7) is 1.45. The molecule has 0 spiro atoms. The van der Waals surface area contributed by atoms with E-state index >= 15 is 0 Å². The molecule has 30 heavy (non-hydrogen) atoms. The smallest absolute Gasteiger partial charge is 0.292 e. The van der Waals surface area contributed by atoms with Gasteiger partial charge in [-0.3, -0.25) is 9.59 Å². The molecule has 1 aromatic carbocycles. The van der Waals surface area contributed by atoms with Crippen LogP contribution in [-0.2, 0) is 16.1 Å². The van der Waals surface area contributed by atoms with Gasteiger partial charge in [-0.1, -0.05) is 12.1 Å². The van der Waals surface area contributed by atoms with Gasteiger partial charge in [0.25, 0.3) is 5.91 Å². The predicted molar refractivity (Wildman–Crippen MR) is 110 cm³/mol. The molecule has 3 heterocycles. The SMILES string of the molecule is O=C(Nc1c(C(=O)N(Cc2ccco2)C[C@@H]2CCCO2)oc2ccccc12)C1CC1. The van der Waals surface area contributed by atoms with Crippen molar-refractivity contribution < 1.29 is 23.2 Å². The van der Waals surface area contributed by atoms with Crippen LogP contribution in [0.25, 0.3) is 11.0 Å². The number of amides is 2. The van der Waals surface area contributed by atoms with Crippen LogP contribution >= 0.6 is 0 Å². The number of para-hydroxylation sites is 1. The summed E-state index contributed by atoms with van der Waals surface area (Å²) in [5.41, 5.74) is 1.02. The van der Waals surface area contributed by atoms with Crippen molar-refractivity contribution in [3.05, 3.63) is 54.2 Å². The van der Waals surface area contributed by atoms with Crippen LogP contribution in [0.4, 0.5) is 5.69 Å². The lowest BCUT2D eigenvalue weighted by atomic mass is 10.2. The van der Waals surface area contributed by atoms with E-state index in [1.54, 1.807) is 23.3 Å². The summed E-state index contributed by atoms with van der Waals surface area (Å²) >= 11 is 0. The third kappa shape index (κ3) is 3.85. The molecule has 0 radical (unpaired) electrons. The highest BCUT2D eigenvalue weighted by Gasteiger charge is 2.34. The number of rotatable bonds is 7. The number of nitrogens with one attached hydrogen (secondary N) is 1. The van der Waals surface area contributed by atoms with Gasteiger partial charge in [-0.05, 0) is 49.9 Å². The number of ether oxygens (including phenoxy) is 1. The molecular formula is C23H24N2O5. The van der Waals surface area contributed by atoms with Gasteiger partial charge in [0.05, 0.1) is 18.9 Å². The molecule has 156 valence electrons. The fourth-order valence-electron chi connectivity index (χ4n) is 3.88. The molecule has 7 nitrogen and oxygen atoms in total. The first-order valence-corrected chi connectivity index (χ1v) is 10.4. The first-order valence-electron chi connectivity index (χ1n) is 10.4. The van der Waals surface area contributed by atoms with Crippen LogP contribution in [0, 0.1) is 5.92 Å². The molecule has 2 aliphatic rings. The molecule has 5 rings (SSSR count). The third-order valence-corrected chi connectivity index (χ3v) is 5.65. The van der Waals surface area contributed by atoms with Crippen molar-refractivity contribution in [3.8, 4) is 0 Å². The Morgan fingerprint density at radius 3 is 2.70 bits per heavy atom. The van der Waals surface area contributed by atoms with E-state index in [1.165, 1.54) is 0 Å². The largest absolute Gasteiger partial charge is 0.467 e. The Balaban J connectivity index is 1.48. The summed E-state index contributed by atoms with van der Waals surface area (Å²) in [6, 6.07) is 11.0. The van der Waals surface area contributed by atoms with Gasteiger partial charge in [0, 0.05) is 24.5 Å². The average Bonchev–Trinajstić information content (AvgIpc) is 3.13. The molecule has 1 N–H and O–H groups in total. The van der Waals surface area contributed by atoms with Crippen molar-refractivity contribution in [3.63, 3.8) is 0 Å². The van der Waals surface area contributed by atoms with E-state index in [0.29, 0.717) is 36.7 Å². The van der Waals surface area contributed by atoms with E-state index in [4.69, 9.17) is 13.6 Å². The monoisotopic (exact) mass is 408 g/mol.